The summed E-state index contributed by atoms with van der Waals surface area (Å²) in [5.41, 5.74) is 2.09. The van der Waals surface area contributed by atoms with E-state index in [9.17, 15) is 4.79 Å². The molecule has 0 unspecified atom stereocenters. The van der Waals surface area contributed by atoms with Gasteiger partial charge in [0.05, 0.1) is 11.4 Å². The number of ketones is 1. The van der Waals surface area contributed by atoms with Gasteiger partial charge in [-0.05, 0) is 58.2 Å². The largest absolute Gasteiger partial charge is 0.512 e. The normalized spacial score (nSPS) is 11.4. The van der Waals surface area contributed by atoms with E-state index in [0.717, 1.165) is 33.1 Å². The zero-order valence-electron chi connectivity index (χ0n) is 18.7. The second kappa shape index (κ2) is 9.64. The van der Waals surface area contributed by atoms with E-state index in [1.165, 1.54) is 36.1 Å². The molecule has 6 aromatic rings. The van der Waals surface area contributed by atoms with Crippen molar-refractivity contribution < 1.29 is 30.0 Å². The van der Waals surface area contributed by atoms with Crippen LogP contribution in [0.5, 0.6) is 0 Å². The summed E-state index contributed by atoms with van der Waals surface area (Å²) in [5, 5.41) is 15.5. The van der Waals surface area contributed by atoms with Crippen molar-refractivity contribution in [3.8, 4) is 5.82 Å². The van der Waals surface area contributed by atoms with Crippen molar-refractivity contribution in [3.05, 3.63) is 97.0 Å². The summed E-state index contributed by atoms with van der Waals surface area (Å²) in [6.45, 7) is 2.85. The van der Waals surface area contributed by atoms with Gasteiger partial charge in [0.1, 0.15) is 0 Å². The van der Waals surface area contributed by atoms with Crippen molar-refractivity contribution >= 4 is 49.3 Å². The molecule has 171 valence electrons. The number of rotatable bonds is 2. The van der Waals surface area contributed by atoms with Gasteiger partial charge in [0.25, 0.3) is 0 Å². The third kappa shape index (κ3) is 4.14. The van der Waals surface area contributed by atoms with Gasteiger partial charge in [-0.2, -0.15) is 0 Å². The van der Waals surface area contributed by atoms with Crippen molar-refractivity contribution in [1.29, 1.82) is 0 Å². The fourth-order valence-corrected chi connectivity index (χ4v) is 4.31. The van der Waals surface area contributed by atoms with Crippen molar-refractivity contribution in [2.24, 2.45) is 0 Å². The second-order valence-corrected chi connectivity index (χ2v) is 7.96. The molecule has 0 bridgehead atoms. The average molecular weight is 625 g/mol. The molecule has 1 N–H and O–H groups in total. The molecule has 0 saturated carbocycles. The van der Waals surface area contributed by atoms with Crippen LogP contribution < -0.4 is 4.98 Å². The number of aliphatic hydroxyl groups is 1. The summed E-state index contributed by atoms with van der Waals surface area (Å²) < 4.78 is 2.19. The van der Waals surface area contributed by atoms with Crippen molar-refractivity contribution in [3.63, 3.8) is 0 Å². The monoisotopic (exact) mass is 625 g/mol. The Hall–Kier alpha value is -3.73. The number of hydrogen-bond acceptors (Lipinski definition) is 3. The molecule has 5 nitrogen and oxygen atoms in total. The number of aliphatic hydroxyl groups excluding tert-OH is 1. The van der Waals surface area contributed by atoms with E-state index in [-0.39, 0.29) is 31.6 Å². The molecular formula is C28H22IrN3O2-. The molecule has 0 aliphatic heterocycles. The van der Waals surface area contributed by atoms with Crippen LogP contribution in [0.25, 0.3) is 49.3 Å². The van der Waals surface area contributed by atoms with Crippen LogP contribution in [0, 0.1) is 0 Å². The molecule has 3 aromatic carbocycles. The van der Waals surface area contributed by atoms with E-state index in [1.807, 2.05) is 24.5 Å². The minimum absolute atomic E-state index is 0. The molecule has 3 aromatic heterocycles. The first-order valence-corrected chi connectivity index (χ1v) is 10.7. The molecule has 0 amide bonds. The molecule has 0 aliphatic carbocycles. The topological polar surface area (TPSA) is 69.2 Å². The Kier molecular flexibility index (Phi) is 6.64. The molecule has 0 atom stereocenters. The Bertz CT molecular complexity index is 1670. The summed E-state index contributed by atoms with van der Waals surface area (Å²) in [7, 11) is 0. The molecule has 0 saturated heterocycles. The van der Waals surface area contributed by atoms with E-state index in [0.29, 0.717) is 0 Å². The standard InChI is InChI=1S/C23H14N3.C5H8O2.Ir/c1-3-8-17-15(6-1)11-12-20-21(17)19-10-5-13-24-23(19)26(20)22-18-9-4-2-7-16(18)14-25-22;1-4(6)3-5(2)7;/h1-14H;3,6H,1-2H3;/q-1;;/b;4-3-;. The van der Waals surface area contributed by atoms with Gasteiger partial charge in [-0.1, -0.05) is 72.9 Å². The number of nitrogens with zero attached hydrogens (tertiary/aromatic N) is 3. The van der Waals surface area contributed by atoms with Crippen LogP contribution in [-0.4, -0.2) is 20.4 Å². The van der Waals surface area contributed by atoms with Crippen molar-refractivity contribution in [2.45, 2.75) is 13.8 Å². The molecule has 3 heterocycles. The van der Waals surface area contributed by atoms with Crippen LogP contribution in [0.15, 0.2) is 97.0 Å². The van der Waals surface area contributed by atoms with Crippen LogP contribution in [0.1, 0.15) is 13.8 Å². The number of carbonyl (C=O) groups is 1. The van der Waals surface area contributed by atoms with Gasteiger partial charge < -0.3 is 14.7 Å². The van der Waals surface area contributed by atoms with Gasteiger partial charge >= 0.3 is 0 Å². The van der Waals surface area contributed by atoms with Crippen LogP contribution in [-0.2, 0) is 24.9 Å². The van der Waals surface area contributed by atoms with Crippen LogP contribution in [0.2, 0.25) is 0 Å². The molecular weight excluding hydrogens is 603 g/mol. The molecule has 1 radical (unpaired) electrons. The summed E-state index contributed by atoms with van der Waals surface area (Å²) in [4.78, 5) is 19.5. The molecule has 0 spiro atoms. The Labute approximate surface area is 210 Å². The summed E-state index contributed by atoms with van der Waals surface area (Å²) >= 11 is 0. The zero-order valence-corrected chi connectivity index (χ0v) is 21.1. The quantitative estimate of drug-likeness (QED) is 0.177. The van der Waals surface area contributed by atoms with Gasteiger partial charge in [0, 0.05) is 37.8 Å². The smallest absolute Gasteiger partial charge is 0.155 e. The molecule has 0 fully saturated rings. The summed E-state index contributed by atoms with van der Waals surface area (Å²) in [5.74, 6) is 0.877. The first-order valence-electron chi connectivity index (χ1n) is 10.7. The van der Waals surface area contributed by atoms with Crippen molar-refractivity contribution in [1.82, 2.24) is 14.5 Å². The van der Waals surface area contributed by atoms with Gasteiger partial charge in [-0.15, -0.1) is 0 Å². The van der Waals surface area contributed by atoms with Crippen LogP contribution in [0.3, 0.4) is 0 Å². The van der Waals surface area contributed by atoms with Gasteiger partial charge in [0.15, 0.2) is 5.78 Å². The van der Waals surface area contributed by atoms with Gasteiger partial charge in [-0.3, -0.25) is 9.78 Å². The van der Waals surface area contributed by atoms with Gasteiger partial charge in [0.2, 0.25) is 0 Å². The number of carbonyl (C=O) groups excluding carboxylic acids is 1. The van der Waals surface area contributed by atoms with E-state index >= 15 is 0 Å². The molecule has 0 aliphatic rings. The maximum absolute atomic E-state index is 10.0. The van der Waals surface area contributed by atoms with E-state index in [2.05, 4.69) is 65.2 Å². The van der Waals surface area contributed by atoms with E-state index in [4.69, 9.17) is 15.1 Å². The number of aromatic nitrogens is 3. The average Bonchev–Trinajstić information content (AvgIpc) is 3.37. The fraction of sp³-hybridized carbons (Fsp3) is 0.0714. The first kappa shape index (κ1) is 23.4. The second-order valence-electron chi connectivity index (χ2n) is 7.96. The SMILES string of the molecule is CC(=O)/C=C(/C)O.[Ir].c1ccc2c(-n3c4ccc5ccccc5c4c4cccnc43)[n-]cc2c1. The summed E-state index contributed by atoms with van der Waals surface area (Å²) in [6.07, 6.45) is 4.96. The minimum Gasteiger partial charge on any atom is -0.512 e. The fourth-order valence-electron chi connectivity index (χ4n) is 4.31. The molecule has 6 rings (SSSR count). The zero-order chi connectivity index (χ0) is 22.9. The summed E-state index contributed by atoms with van der Waals surface area (Å²) in [6, 6.07) is 25.4. The number of hydrogen-bond donors (Lipinski definition) is 1. The third-order valence-corrected chi connectivity index (χ3v) is 5.57. The van der Waals surface area contributed by atoms with Crippen LogP contribution >= 0.6 is 0 Å². The Morgan fingerprint density at radius 3 is 2.26 bits per heavy atom. The number of pyridine rings is 1. The predicted octanol–water partition coefficient (Wildman–Crippen LogP) is 6.48. The van der Waals surface area contributed by atoms with Crippen LogP contribution in [0.4, 0.5) is 0 Å². The molecule has 34 heavy (non-hydrogen) atoms. The Balaban J connectivity index is 0.000000303. The predicted molar refractivity (Wildman–Crippen MR) is 134 cm³/mol. The Morgan fingerprint density at radius 1 is 0.882 bits per heavy atom. The maximum Gasteiger partial charge on any atom is 0.155 e. The van der Waals surface area contributed by atoms with Gasteiger partial charge in [-0.25, -0.2) is 0 Å². The van der Waals surface area contributed by atoms with E-state index < -0.39 is 0 Å². The third-order valence-electron chi connectivity index (χ3n) is 5.57. The Morgan fingerprint density at radius 2 is 1.56 bits per heavy atom. The van der Waals surface area contributed by atoms with Crippen molar-refractivity contribution in [2.75, 3.05) is 0 Å². The molecule has 6 heteroatoms. The number of allylic oxidation sites excluding steroid dienone is 2. The number of fused-ring (bicyclic) bond motifs is 6. The number of benzene rings is 3. The van der Waals surface area contributed by atoms with E-state index in [1.54, 1.807) is 0 Å². The maximum atomic E-state index is 10.0. The minimum atomic E-state index is -0.125. The first-order chi connectivity index (χ1) is 16.0.